The Morgan fingerprint density at radius 3 is 2.95 bits per heavy atom. The van der Waals surface area contributed by atoms with Crippen LogP contribution in [0.15, 0.2) is 22.5 Å². The van der Waals surface area contributed by atoms with Crippen molar-refractivity contribution < 1.29 is 13.6 Å². The number of nitrogens with zero attached hydrogens (tertiary/aromatic N) is 2. The Balaban J connectivity index is 1.93. The second-order valence-electron chi connectivity index (χ2n) is 4.20. The van der Waals surface area contributed by atoms with Crippen LogP contribution in [-0.2, 0) is 10.5 Å². The molecular formula is C13H13F2N3OS2. The smallest absolute Gasteiger partial charge is 0.226 e. The van der Waals surface area contributed by atoms with Crippen molar-refractivity contribution in [3.63, 3.8) is 0 Å². The molecule has 0 aliphatic rings. The van der Waals surface area contributed by atoms with Crippen LogP contribution >= 0.6 is 23.1 Å². The van der Waals surface area contributed by atoms with Crippen molar-refractivity contribution in [1.29, 1.82) is 0 Å². The number of carbonyl (C=O) groups excluding carboxylic acids is 1. The summed E-state index contributed by atoms with van der Waals surface area (Å²) in [4.78, 5) is 11.4. The summed E-state index contributed by atoms with van der Waals surface area (Å²) in [6, 6.07) is 3.34. The third-order valence-electron chi connectivity index (χ3n) is 2.49. The van der Waals surface area contributed by atoms with E-state index < -0.39 is 11.6 Å². The first kappa shape index (κ1) is 15.8. The van der Waals surface area contributed by atoms with Gasteiger partial charge in [0.2, 0.25) is 11.0 Å². The molecule has 1 aromatic carbocycles. The molecule has 1 N–H and O–H groups in total. The minimum atomic E-state index is -0.475. The van der Waals surface area contributed by atoms with E-state index in [0.29, 0.717) is 15.9 Å². The van der Waals surface area contributed by atoms with E-state index in [1.54, 1.807) is 0 Å². The van der Waals surface area contributed by atoms with Crippen molar-refractivity contribution in [3.8, 4) is 0 Å². The highest BCUT2D eigenvalue weighted by Crippen LogP contribution is 2.29. The molecule has 1 amide bonds. The molecule has 21 heavy (non-hydrogen) atoms. The molecule has 4 nitrogen and oxygen atoms in total. The molecule has 8 heteroatoms. The van der Waals surface area contributed by atoms with Gasteiger partial charge in [-0.05, 0) is 24.6 Å². The van der Waals surface area contributed by atoms with Crippen molar-refractivity contribution in [3.05, 3.63) is 35.4 Å². The van der Waals surface area contributed by atoms with Crippen LogP contribution in [0.4, 0.5) is 13.9 Å². The number of halogens is 2. The summed E-state index contributed by atoms with van der Waals surface area (Å²) in [6.45, 7) is 1.91. The van der Waals surface area contributed by atoms with Gasteiger partial charge in [0.05, 0.1) is 0 Å². The fourth-order valence-electron chi connectivity index (χ4n) is 1.52. The number of anilines is 1. The number of carbonyl (C=O) groups is 1. The number of nitrogens with one attached hydrogen (secondary N) is 1. The van der Waals surface area contributed by atoms with E-state index in [2.05, 4.69) is 15.5 Å². The molecule has 0 spiro atoms. The lowest BCUT2D eigenvalue weighted by Crippen LogP contribution is -2.10. The first-order valence-corrected chi connectivity index (χ1v) is 8.08. The Bertz CT molecular complexity index is 634. The lowest BCUT2D eigenvalue weighted by molar-refractivity contribution is -0.116. The molecular weight excluding hydrogens is 316 g/mol. The minimum absolute atomic E-state index is 0.110. The molecule has 0 atom stereocenters. The predicted molar refractivity (Wildman–Crippen MR) is 79.4 cm³/mol. The average Bonchev–Trinajstić information content (AvgIpc) is 2.87. The van der Waals surface area contributed by atoms with Gasteiger partial charge in [-0.2, -0.15) is 0 Å². The van der Waals surface area contributed by atoms with Gasteiger partial charge in [0, 0.05) is 17.7 Å². The Morgan fingerprint density at radius 1 is 1.38 bits per heavy atom. The molecule has 0 radical (unpaired) electrons. The molecule has 2 aromatic rings. The number of rotatable bonds is 6. The normalized spacial score (nSPS) is 10.6. The first-order chi connectivity index (χ1) is 10.1. The molecule has 2 rings (SSSR count). The number of amides is 1. The molecule has 0 bridgehead atoms. The summed E-state index contributed by atoms with van der Waals surface area (Å²) in [5.74, 6) is -0.788. The maximum absolute atomic E-state index is 13.5. The van der Waals surface area contributed by atoms with Gasteiger partial charge in [-0.25, -0.2) is 8.78 Å². The highest BCUT2D eigenvalue weighted by Gasteiger charge is 2.10. The maximum atomic E-state index is 13.5. The van der Waals surface area contributed by atoms with E-state index in [1.165, 1.54) is 23.1 Å². The lowest BCUT2D eigenvalue weighted by Gasteiger charge is -2.01. The summed E-state index contributed by atoms with van der Waals surface area (Å²) in [5.41, 5.74) is 0.270. The van der Waals surface area contributed by atoms with E-state index in [-0.39, 0.29) is 17.2 Å². The molecule has 0 fully saturated rings. The van der Waals surface area contributed by atoms with Gasteiger partial charge in [0.15, 0.2) is 4.34 Å². The number of thioether (sulfide) groups is 1. The number of hydrogen-bond donors (Lipinski definition) is 1. The van der Waals surface area contributed by atoms with Gasteiger partial charge in [0.25, 0.3) is 0 Å². The van der Waals surface area contributed by atoms with Gasteiger partial charge in [-0.1, -0.05) is 30.0 Å². The summed E-state index contributed by atoms with van der Waals surface area (Å²) in [5, 5.41) is 10.8. The van der Waals surface area contributed by atoms with E-state index in [1.807, 2.05) is 6.92 Å². The molecule has 1 heterocycles. The topological polar surface area (TPSA) is 54.9 Å². The zero-order valence-electron chi connectivity index (χ0n) is 11.2. The molecule has 0 saturated carbocycles. The third-order valence-corrected chi connectivity index (χ3v) is 4.51. The van der Waals surface area contributed by atoms with Crippen LogP contribution in [0.1, 0.15) is 25.3 Å². The lowest BCUT2D eigenvalue weighted by atomic mass is 10.2. The van der Waals surface area contributed by atoms with E-state index >= 15 is 0 Å². The van der Waals surface area contributed by atoms with Gasteiger partial charge < -0.3 is 5.32 Å². The Morgan fingerprint density at radius 2 is 2.19 bits per heavy atom. The minimum Gasteiger partial charge on any atom is -0.301 e. The van der Waals surface area contributed by atoms with Gasteiger partial charge in [-0.3, -0.25) is 4.79 Å². The highest BCUT2D eigenvalue weighted by molar-refractivity contribution is 8.00. The number of benzene rings is 1. The Kier molecular flexibility index (Phi) is 5.63. The zero-order chi connectivity index (χ0) is 15.2. The zero-order valence-corrected chi connectivity index (χ0v) is 12.9. The maximum Gasteiger partial charge on any atom is 0.226 e. The van der Waals surface area contributed by atoms with E-state index in [9.17, 15) is 13.6 Å². The third kappa shape index (κ3) is 4.75. The molecule has 0 unspecified atom stereocenters. The fraction of sp³-hybridized carbons (Fsp3) is 0.308. The molecule has 1 aromatic heterocycles. The quantitative estimate of drug-likeness (QED) is 0.646. The van der Waals surface area contributed by atoms with Gasteiger partial charge in [0.1, 0.15) is 11.6 Å². The van der Waals surface area contributed by atoms with Crippen LogP contribution in [-0.4, -0.2) is 16.1 Å². The molecule has 0 saturated heterocycles. The number of aromatic nitrogens is 2. The number of hydrogen-bond acceptors (Lipinski definition) is 5. The largest absolute Gasteiger partial charge is 0.301 e. The SMILES string of the molecule is CCCC(=O)Nc1nnc(SCc2cc(F)ccc2F)s1. The summed E-state index contributed by atoms with van der Waals surface area (Å²) < 4.78 is 27.1. The average molecular weight is 329 g/mol. The second kappa shape index (κ2) is 7.46. The van der Waals surface area contributed by atoms with Crippen LogP contribution in [0, 0.1) is 11.6 Å². The highest BCUT2D eigenvalue weighted by atomic mass is 32.2. The predicted octanol–water partition coefficient (Wildman–Crippen LogP) is 3.85. The Hall–Kier alpha value is -1.54. The van der Waals surface area contributed by atoms with Gasteiger partial charge in [-0.15, -0.1) is 10.2 Å². The van der Waals surface area contributed by atoms with Crippen molar-refractivity contribution in [1.82, 2.24) is 10.2 Å². The van der Waals surface area contributed by atoms with Crippen molar-refractivity contribution in [2.45, 2.75) is 29.9 Å². The van der Waals surface area contributed by atoms with Crippen molar-refractivity contribution in [2.24, 2.45) is 0 Å². The molecule has 0 aliphatic carbocycles. The second-order valence-corrected chi connectivity index (χ2v) is 6.40. The van der Waals surface area contributed by atoms with Gasteiger partial charge >= 0.3 is 0 Å². The van der Waals surface area contributed by atoms with Crippen LogP contribution in [0.2, 0.25) is 0 Å². The van der Waals surface area contributed by atoms with Crippen LogP contribution in [0.5, 0.6) is 0 Å². The monoisotopic (exact) mass is 329 g/mol. The van der Waals surface area contributed by atoms with Crippen LogP contribution in [0.25, 0.3) is 0 Å². The first-order valence-electron chi connectivity index (χ1n) is 6.28. The van der Waals surface area contributed by atoms with E-state index in [4.69, 9.17) is 0 Å². The van der Waals surface area contributed by atoms with Crippen LogP contribution < -0.4 is 5.32 Å². The van der Waals surface area contributed by atoms with Crippen molar-refractivity contribution >= 4 is 34.1 Å². The van der Waals surface area contributed by atoms with E-state index in [0.717, 1.165) is 24.6 Å². The molecule has 0 aliphatic heterocycles. The summed E-state index contributed by atoms with van der Waals surface area (Å²) >= 11 is 2.45. The Labute approximate surface area is 129 Å². The summed E-state index contributed by atoms with van der Waals surface area (Å²) in [7, 11) is 0. The summed E-state index contributed by atoms with van der Waals surface area (Å²) in [6.07, 6.45) is 1.18. The van der Waals surface area contributed by atoms with Crippen LogP contribution in [0.3, 0.4) is 0 Å². The fourth-order valence-corrected chi connectivity index (χ4v) is 3.26. The standard InChI is InChI=1S/C13H13F2N3OS2/c1-2-3-11(19)16-12-17-18-13(21-12)20-7-8-6-9(14)4-5-10(8)15/h4-6H,2-3,7H2,1H3,(H,16,17,19). The van der Waals surface area contributed by atoms with Crippen molar-refractivity contribution in [2.75, 3.05) is 5.32 Å². The molecule has 112 valence electrons.